The highest BCUT2D eigenvalue weighted by atomic mass is 127. The van der Waals surface area contributed by atoms with E-state index in [1.165, 1.54) is 12.1 Å². The number of rotatable bonds is 6. The van der Waals surface area contributed by atoms with E-state index in [-0.39, 0.29) is 35.6 Å². The third kappa shape index (κ3) is 6.87. The number of hydrogen-bond donors (Lipinski definition) is 2. The van der Waals surface area contributed by atoms with Gasteiger partial charge >= 0.3 is 0 Å². The molecule has 0 aliphatic carbocycles. The fraction of sp³-hybridized carbons (Fsp3) is 0.316. The molecule has 0 aromatic heterocycles. The van der Waals surface area contributed by atoms with Crippen molar-refractivity contribution >= 4 is 29.9 Å². The van der Waals surface area contributed by atoms with E-state index in [0.717, 1.165) is 5.56 Å². The van der Waals surface area contributed by atoms with Gasteiger partial charge in [-0.1, -0.05) is 24.3 Å². The van der Waals surface area contributed by atoms with Crippen LogP contribution < -0.4 is 10.6 Å². The second kappa shape index (κ2) is 11.1. The number of halogens is 3. The number of benzene rings is 2. The highest BCUT2D eigenvalue weighted by Gasteiger charge is 2.06. The number of nitrogens with zero attached hydrogens (tertiary/aromatic N) is 2. The molecule has 0 aliphatic heterocycles. The van der Waals surface area contributed by atoms with E-state index in [1.807, 2.05) is 25.1 Å². The zero-order chi connectivity index (χ0) is 18.2. The number of aliphatic imine (C=N–C) groups is 1. The highest BCUT2D eigenvalue weighted by molar-refractivity contribution is 14.0. The van der Waals surface area contributed by atoms with Crippen LogP contribution in [0.1, 0.15) is 16.7 Å². The van der Waals surface area contributed by atoms with Gasteiger partial charge in [-0.25, -0.2) is 8.78 Å². The highest BCUT2D eigenvalue weighted by Crippen LogP contribution is 2.12. The number of hydrogen-bond acceptors (Lipinski definition) is 2. The van der Waals surface area contributed by atoms with E-state index in [9.17, 15) is 8.78 Å². The first-order chi connectivity index (χ1) is 12.0. The summed E-state index contributed by atoms with van der Waals surface area (Å²) in [5, 5.41) is 6.23. The van der Waals surface area contributed by atoms with E-state index in [0.29, 0.717) is 36.7 Å². The van der Waals surface area contributed by atoms with Gasteiger partial charge < -0.3 is 15.5 Å². The van der Waals surface area contributed by atoms with Crippen LogP contribution in [0, 0.1) is 11.6 Å². The second-order valence-corrected chi connectivity index (χ2v) is 6.03. The maximum atomic E-state index is 13.8. The number of guanidine groups is 1. The van der Waals surface area contributed by atoms with Gasteiger partial charge in [-0.3, -0.25) is 4.99 Å². The molecule has 0 atom stereocenters. The van der Waals surface area contributed by atoms with Crippen molar-refractivity contribution < 1.29 is 8.78 Å². The maximum absolute atomic E-state index is 13.8. The SMILES string of the molecule is CN=C(NCc1ccc(F)c(CN(C)C)c1)NCc1ccccc1F.I. The van der Waals surface area contributed by atoms with Crippen molar-refractivity contribution in [2.24, 2.45) is 4.99 Å². The summed E-state index contributed by atoms with van der Waals surface area (Å²) in [6.07, 6.45) is 0. The summed E-state index contributed by atoms with van der Waals surface area (Å²) in [4.78, 5) is 6.05. The van der Waals surface area contributed by atoms with Gasteiger partial charge in [0.25, 0.3) is 0 Å². The van der Waals surface area contributed by atoms with Crippen LogP contribution in [0.2, 0.25) is 0 Å². The molecule has 2 N–H and O–H groups in total. The molecule has 26 heavy (non-hydrogen) atoms. The van der Waals surface area contributed by atoms with Crippen LogP contribution in [0.15, 0.2) is 47.5 Å². The van der Waals surface area contributed by atoms with E-state index in [2.05, 4.69) is 15.6 Å². The van der Waals surface area contributed by atoms with Gasteiger partial charge in [0.2, 0.25) is 0 Å². The quantitative estimate of drug-likeness (QED) is 0.383. The predicted octanol–water partition coefficient (Wildman–Crippen LogP) is 3.51. The lowest BCUT2D eigenvalue weighted by Gasteiger charge is -2.14. The molecule has 2 aromatic rings. The monoisotopic (exact) mass is 474 g/mol. The molecule has 2 rings (SSSR count). The Bertz CT molecular complexity index is 735. The lowest BCUT2D eigenvalue weighted by molar-refractivity contribution is 0.392. The first-order valence-corrected chi connectivity index (χ1v) is 8.09. The van der Waals surface area contributed by atoms with Crippen molar-refractivity contribution in [3.8, 4) is 0 Å². The van der Waals surface area contributed by atoms with E-state index >= 15 is 0 Å². The molecule has 0 amide bonds. The topological polar surface area (TPSA) is 39.7 Å². The van der Waals surface area contributed by atoms with Crippen molar-refractivity contribution in [1.29, 1.82) is 0 Å². The van der Waals surface area contributed by atoms with Crippen LogP contribution in [0.4, 0.5) is 8.78 Å². The molecule has 0 unspecified atom stereocenters. The first-order valence-electron chi connectivity index (χ1n) is 8.09. The van der Waals surface area contributed by atoms with Gasteiger partial charge in [0.15, 0.2) is 5.96 Å². The number of nitrogens with one attached hydrogen (secondary N) is 2. The Morgan fingerprint density at radius 3 is 2.27 bits per heavy atom. The smallest absolute Gasteiger partial charge is 0.191 e. The Balaban J connectivity index is 0.00000338. The Morgan fingerprint density at radius 1 is 0.962 bits per heavy atom. The summed E-state index contributed by atoms with van der Waals surface area (Å²) in [7, 11) is 5.45. The minimum absolute atomic E-state index is 0. The van der Waals surface area contributed by atoms with Crippen molar-refractivity contribution in [3.05, 3.63) is 70.8 Å². The van der Waals surface area contributed by atoms with Crippen LogP contribution in [0.25, 0.3) is 0 Å². The van der Waals surface area contributed by atoms with Crippen molar-refractivity contribution in [3.63, 3.8) is 0 Å². The molecule has 0 saturated heterocycles. The molecule has 0 radical (unpaired) electrons. The van der Waals surface area contributed by atoms with Crippen molar-refractivity contribution in [2.45, 2.75) is 19.6 Å². The predicted molar refractivity (Wildman–Crippen MR) is 113 cm³/mol. The summed E-state index contributed by atoms with van der Waals surface area (Å²) in [5.74, 6) is 0.0959. The molecule has 0 heterocycles. The normalized spacial score (nSPS) is 11.2. The maximum Gasteiger partial charge on any atom is 0.191 e. The largest absolute Gasteiger partial charge is 0.352 e. The second-order valence-electron chi connectivity index (χ2n) is 6.03. The van der Waals surface area contributed by atoms with Crippen LogP contribution in [-0.2, 0) is 19.6 Å². The Hall–Kier alpha value is -1.74. The third-order valence-corrected chi connectivity index (χ3v) is 3.68. The minimum Gasteiger partial charge on any atom is -0.352 e. The zero-order valence-electron chi connectivity index (χ0n) is 15.2. The summed E-state index contributed by atoms with van der Waals surface area (Å²) < 4.78 is 27.5. The van der Waals surface area contributed by atoms with Gasteiger partial charge in [0.1, 0.15) is 11.6 Å². The average Bonchev–Trinajstić information content (AvgIpc) is 2.58. The summed E-state index contributed by atoms with van der Waals surface area (Å²) in [6, 6.07) is 11.7. The lowest BCUT2D eigenvalue weighted by atomic mass is 10.1. The van der Waals surface area contributed by atoms with Crippen molar-refractivity contribution in [1.82, 2.24) is 15.5 Å². The standard InChI is InChI=1S/C19H24F2N4.HI/c1-22-19(24-12-15-6-4-5-7-17(15)20)23-11-14-8-9-18(21)16(10-14)13-25(2)3;/h4-10H,11-13H2,1-3H3,(H2,22,23,24);1H. The zero-order valence-corrected chi connectivity index (χ0v) is 17.6. The molecule has 0 fully saturated rings. The molecule has 142 valence electrons. The third-order valence-electron chi connectivity index (χ3n) is 3.68. The fourth-order valence-corrected chi connectivity index (χ4v) is 2.43. The fourth-order valence-electron chi connectivity index (χ4n) is 2.43. The van der Waals surface area contributed by atoms with Crippen LogP contribution >= 0.6 is 24.0 Å². The van der Waals surface area contributed by atoms with Crippen LogP contribution in [-0.4, -0.2) is 32.0 Å². The van der Waals surface area contributed by atoms with Crippen LogP contribution in [0.3, 0.4) is 0 Å². The molecule has 0 bridgehead atoms. The Labute approximate surface area is 170 Å². The van der Waals surface area contributed by atoms with Gasteiger partial charge in [-0.15, -0.1) is 24.0 Å². The molecule has 0 saturated carbocycles. The van der Waals surface area contributed by atoms with Gasteiger partial charge in [-0.2, -0.15) is 0 Å². The van der Waals surface area contributed by atoms with Gasteiger partial charge in [-0.05, 0) is 37.9 Å². The Kier molecular flexibility index (Phi) is 9.50. The minimum atomic E-state index is -0.252. The van der Waals surface area contributed by atoms with E-state index in [4.69, 9.17) is 0 Å². The molecule has 0 spiro atoms. The first kappa shape index (κ1) is 22.3. The molecule has 0 aliphatic rings. The van der Waals surface area contributed by atoms with E-state index < -0.39 is 0 Å². The summed E-state index contributed by atoms with van der Waals surface area (Å²) in [6.45, 7) is 1.37. The lowest BCUT2D eigenvalue weighted by Crippen LogP contribution is -2.36. The summed E-state index contributed by atoms with van der Waals surface area (Å²) >= 11 is 0. The molecular weight excluding hydrogens is 449 g/mol. The molecular formula is C19H25F2IN4. The van der Waals surface area contributed by atoms with E-state index in [1.54, 1.807) is 31.3 Å². The molecule has 2 aromatic carbocycles. The van der Waals surface area contributed by atoms with Gasteiger partial charge in [0.05, 0.1) is 0 Å². The van der Waals surface area contributed by atoms with Crippen molar-refractivity contribution in [2.75, 3.05) is 21.1 Å². The van der Waals surface area contributed by atoms with Crippen LogP contribution in [0.5, 0.6) is 0 Å². The average molecular weight is 474 g/mol. The molecule has 4 nitrogen and oxygen atoms in total. The summed E-state index contributed by atoms with van der Waals surface area (Å²) in [5.41, 5.74) is 2.17. The van der Waals surface area contributed by atoms with Gasteiger partial charge in [0, 0.05) is 37.8 Å². The Morgan fingerprint density at radius 2 is 1.62 bits per heavy atom. The molecule has 7 heteroatoms.